The lowest BCUT2D eigenvalue weighted by Crippen LogP contribution is -2.56. The number of aromatic nitrogens is 1. The Hall–Kier alpha value is -0.980. The van der Waals surface area contributed by atoms with E-state index >= 15 is 0 Å². The SMILES string of the molecule is CC(C)c1csc(CNC(=O)C2(N)CCOCC2)n1. The topological polar surface area (TPSA) is 77.2 Å². The van der Waals surface area contributed by atoms with Gasteiger partial charge >= 0.3 is 0 Å². The molecule has 0 bridgehead atoms. The molecule has 1 aliphatic rings. The minimum atomic E-state index is -0.781. The average molecular weight is 283 g/mol. The van der Waals surface area contributed by atoms with Crippen molar-refractivity contribution >= 4 is 17.2 Å². The third-order valence-electron chi connectivity index (χ3n) is 3.40. The molecule has 1 aliphatic heterocycles. The van der Waals surface area contributed by atoms with Crippen molar-refractivity contribution in [1.29, 1.82) is 0 Å². The molecule has 0 unspecified atom stereocenters. The van der Waals surface area contributed by atoms with Gasteiger partial charge in [0.1, 0.15) is 5.01 Å². The Bertz CT molecular complexity index is 439. The van der Waals surface area contributed by atoms with E-state index in [1.807, 2.05) is 5.38 Å². The highest BCUT2D eigenvalue weighted by atomic mass is 32.1. The van der Waals surface area contributed by atoms with Crippen LogP contribution in [0.4, 0.5) is 0 Å². The van der Waals surface area contributed by atoms with Crippen molar-refractivity contribution in [2.75, 3.05) is 13.2 Å². The van der Waals surface area contributed by atoms with E-state index in [2.05, 4.69) is 24.1 Å². The summed E-state index contributed by atoms with van der Waals surface area (Å²) in [7, 11) is 0. The minimum absolute atomic E-state index is 0.0999. The lowest BCUT2D eigenvalue weighted by molar-refractivity contribution is -0.129. The van der Waals surface area contributed by atoms with E-state index in [4.69, 9.17) is 10.5 Å². The lowest BCUT2D eigenvalue weighted by atomic mass is 9.90. The van der Waals surface area contributed by atoms with Crippen molar-refractivity contribution in [1.82, 2.24) is 10.3 Å². The standard InChI is InChI=1S/C13H21N3O2S/c1-9(2)10-8-19-11(16-10)7-15-12(17)13(14)3-5-18-6-4-13/h8-9H,3-7,14H2,1-2H3,(H,15,17). The normalized spacial score (nSPS) is 18.5. The van der Waals surface area contributed by atoms with Gasteiger partial charge in [-0.3, -0.25) is 4.79 Å². The first-order valence-corrected chi connectivity index (χ1v) is 7.48. The van der Waals surface area contributed by atoms with Crippen LogP contribution >= 0.6 is 11.3 Å². The van der Waals surface area contributed by atoms with E-state index in [1.54, 1.807) is 11.3 Å². The molecule has 5 nitrogen and oxygen atoms in total. The minimum Gasteiger partial charge on any atom is -0.381 e. The van der Waals surface area contributed by atoms with Crippen LogP contribution in [0.2, 0.25) is 0 Å². The van der Waals surface area contributed by atoms with Crippen LogP contribution in [0.1, 0.15) is 43.3 Å². The quantitative estimate of drug-likeness (QED) is 0.875. The number of ether oxygens (including phenoxy) is 1. The summed E-state index contributed by atoms with van der Waals surface area (Å²) in [6.07, 6.45) is 1.15. The van der Waals surface area contributed by atoms with Gasteiger partial charge in [-0.25, -0.2) is 4.98 Å². The second kappa shape index (κ2) is 5.98. The number of carbonyl (C=O) groups is 1. The van der Waals surface area contributed by atoms with Gasteiger partial charge in [0.05, 0.1) is 17.8 Å². The molecular weight excluding hydrogens is 262 g/mol. The second-order valence-corrected chi connectivity index (χ2v) is 6.21. The zero-order valence-corrected chi connectivity index (χ0v) is 12.3. The van der Waals surface area contributed by atoms with Gasteiger partial charge in [-0.05, 0) is 18.8 Å². The van der Waals surface area contributed by atoms with Gasteiger partial charge < -0.3 is 15.8 Å². The number of nitrogens with two attached hydrogens (primary N) is 1. The van der Waals surface area contributed by atoms with Crippen LogP contribution in [0.25, 0.3) is 0 Å². The number of nitrogens with zero attached hydrogens (tertiary/aromatic N) is 1. The zero-order valence-electron chi connectivity index (χ0n) is 11.4. The predicted octanol–water partition coefficient (Wildman–Crippen LogP) is 1.39. The predicted molar refractivity (Wildman–Crippen MR) is 75.0 cm³/mol. The summed E-state index contributed by atoms with van der Waals surface area (Å²) in [6, 6.07) is 0. The molecule has 1 saturated heterocycles. The number of hydrogen-bond donors (Lipinski definition) is 2. The fraction of sp³-hybridized carbons (Fsp3) is 0.692. The molecule has 6 heteroatoms. The molecule has 0 radical (unpaired) electrons. The van der Waals surface area contributed by atoms with Crippen molar-refractivity contribution in [2.24, 2.45) is 5.73 Å². The van der Waals surface area contributed by atoms with E-state index in [0.29, 0.717) is 38.5 Å². The van der Waals surface area contributed by atoms with Gasteiger partial charge in [0.2, 0.25) is 5.91 Å². The molecule has 19 heavy (non-hydrogen) atoms. The molecule has 1 fully saturated rings. The smallest absolute Gasteiger partial charge is 0.240 e. The first-order valence-electron chi connectivity index (χ1n) is 6.60. The Kier molecular flexibility index (Phi) is 4.54. The van der Waals surface area contributed by atoms with Gasteiger partial charge in [-0.2, -0.15) is 0 Å². The third kappa shape index (κ3) is 3.52. The van der Waals surface area contributed by atoms with E-state index < -0.39 is 5.54 Å². The zero-order chi connectivity index (χ0) is 13.9. The summed E-state index contributed by atoms with van der Waals surface area (Å²) in [5.41, 5.74) is 6.40. The molecule has 2 rings (SSSR count). The monoisotopic (exact) mass is 283 g/mol. The van der Waals surface area contributed by atoms with Crippen LogP contribution in [0.15, 0.2) is 5.38 Å². The molecule has 0 saturated carbocycles. The molecule has 0 aromatic carbocycles. The Morgan fingerprint density at radius 2 is 2.26 bits per heavy atom. The third-order valence-corrected chi connectivity index (χ3v) is 4.27. The summed E-state index contributed by atoms with van der Waals surface area (Å²) in [5.74, 6) is 0.314. The molecule has 0 spiro atoms. The maximum Gasteiger partial charge on any atom is 0.240 e. The molecule has 1 aromatic rings. The maximum atomic E-state index is 12.1. The summed E-state index contributed by atoms with van der Waals surface area (Å²) in [4.78, 5) is 16.6. The first-order chi connectivity index (χ1) is 9.01. The van der Waals surface area contributed by atoms with Crippen LogP contribution in [0, 0.1) is 0 Å². The van der Waals surface area contributed by atoms with Crippen molar-refractivity contribution in [2.45, 2.75) is 44.7 Å². The fourth-order valence-electron chi connectivity index (χ4n) is 1.97. The highest BCUT2D eigenvalue weighted by Gasteiger charge is 2.35. The Labute approximate surface area is 117 Å². The van der Waals surface area contributed by atoms with Crippen LogP contribution in [0.3, 0.4) is 0 Å². The number of carbonyl (C=O) groups excluding carboxylic acids is 1. The van der Waals surface area contributed by atoms with Crippen molar-refractivity contribution in [3.63, 3.8) is 0 Å². The fourth-order valence-corrected chi connectivity index (χ4v) is 2.86. The van der Waals surface area contributed by atoms with E-state index in [-0.39, 0.29) is 5.91 Å². The van der Waals surface area contributed by atoms with E-state index in [1.165, 1.54) is 0 Å². The van der Waals surface area contributed by atoms with Gasteiger partial charge in [-0.15, -0.1) is 11.3 Å². The number of rotatable bonds is 4. The number of hydrogen-bond acceptors (Lipinski definition) is 5. The summed E-state index contributed by atoms with van der Waals surface area (Å²) in [5, 5.41) is 5.85. The largest absolute Gasteiger partial charge is 0.381 e. The van der Waals surface area contributed by atoms with Gasteiger partial charge in [0.25, 0.3) is 0 Å². The van der Waals surface area contributed by atoms with Crippen LogP contribution in [-0.2, 0) is 16.1 Å². The summed E-state index contributed by atoms with van der Waals surface area (Å²) in [6.45, 7) is 5.77. The molecule has 1 amide bonds. The molecule has 106 valence electrons. The second-order valence-electron chi connectivity index (χ2n) is 5.27. The van der Waals surface area contributed by atoms with Crippen molar-refractivity contribution in [3.8, 4) is 0 Å². The molecular formula is C13H21N3O2S. The highest BCUT2D eigenvalue weighted by Crippen LogP contribution is 2.19. The molecule has 3 N–H and O–H groups in total. The lowest BCUT2D eigenvalue weighted by Gasteiger charge is -2.31. The van der Waals surface area contributed by atoms with Crippen LogP contribution in [0.5, 0.6) is 0 Å². The van der Waals surface area contributed by atoms with Crippen molar-refractivity contribution in [3.05, 3.63) is 16.1 Å². The van der Waals surface area contributed by atoms with Gasteiger partial charge in [-0.1, -0.05) is 13.8 Å². The molecule has 1 aromatic heterocycles. The van der Waals surface area contributed by atoms with Crippen LogP contribution < -0.4 is 11.1 Å². The number of nitrogens with one attached hydrogen (secondary N) is 1. The Balaban J connectivity index is 1.88. The number of amides is 1. The van der Waals surface area contributed by atoms with Gasteiger partial charge in [0.15, 0.2) is 0 Å². The Morgan fingerprint density at radius 3 is 2.84 bits per heavy atom. The molecule has 0 aliphatic carbocycles. The van der Waals surface area contributed by atoms with Crippen molar-refractivity contribution < 1.29 is 9.53 Å². The molecule has 0 atom stereocenters. The van der Waals surface area contributed by atoms with Gasteiger partial charge in [0, 0.05) is 18.6 Å². The Morgan fingerprint density at radius 1 is 1.58 bits per heavy atom. The average Bonchev–Trinajstić information content (AvgIpc) is 2.85. The van der Waals surface area contributed by atoms with Crippen LogP contribution in [-0.4, -0.2) is 29.6 Å². The maximum absolute atomic E-state index is 12.1. The summed E-state index contributed by atoms with van der Waals surface area (Å²) < 4.78 is 5.24. The first kappa shape index (κ1) is 14.4. The molecule has 2 heterocycles. The van der Waals surface area contributed by atoms with E-state index in [9.17, 15) is 4.79 Å². The number of thiazole rings is 1. The summed E-state index contributed by atoms with van der Waals surface area (Å²) >= 11 is 1.57. The highest BCUT2D eigenvalue weighted by molar-refractivity contribution is 7.09. The van der Waals surface area contributed by atoms with E-state index in [0.717, 1.165) is 10.7 Å².